The number of nitrogens with two attached hydrogens (primary N) is 3. The van der Waals surface area contributed by atoms with Gasteiger partial charge in [-0.25, -0.2) is 0 Å². The fourth-order valence-electron chi connectivity index (χ4n) is 2.61. The van der Waals surface area contributed by atoms with Crippen LogP contribution in [-0.2, 0) is 4.79 Å². The first-order valence-electron chi connectivity index (χ1n) is 11.0. The largest absolute Gasteiger partial charge is 0.330 e. The van der Waals surface area contributed by atoms with Crippen LogP contribution < -0.4 is 17.2 Å². The molecule has 0 unspecified atom stereocenters. The number of Topliss-reactive ketones (excluding diaryl/α,β-unsaturated/α-hetero) is 1. The second-order valence-corrected chi connectivity index (χ2v) is 11.3. The lowest BCUT2D eigenvalue weighted by Crippen LogP contribution is -2.33. The Kier molecular flexibility index (Phi) is 16.7. The molecule has 28 heavy (non-hydrogen) atoms. The van der Waals surface area contributed by atoms with Crippen LogP contribution in [0.25, 0.3) is 0 Å². The second kappa shape index (κ2) is 14.5. The van der Waals surface area contributed by atoms with E-state index in [0.29, 0.717) is 31.0 Å². The molecule has 0 spiro atoms. The highest BCUT2D eigenvalue weighted by Gasteiger charge is 2.24. The van der Waals surface area contributed by atoms with E-state index in [2.05, 4.69) is 76.2 Å². The summed E-state index contributed by atoms with van der Waals surface area (Å²) in [4.78, 5) is 10.9. The third-order valence-electron chi connectivity index (χ3n) is 5.38. The van der Waals surface area contributed by atoms with Gasteiger partial charge in [0, 0.05) is 18.5 Å². The molecule has 6 N–H and O–H groups in total. The molecule has 0 aliphatic carbocycles. The fraction of sp³-hybridized carbons (Fsp3) is 0.958. The maximum absolute atomic E-state index is 10.9. The molecule has 0 aromatic heterocycles. The molecule has 0 heterocycles. The number of carbonyl (C=O) groups excluding carboxylic acids is 1. The highest BCUT2D eigenvalue weighted by Crippen LogP contribution is 2.31. The van der Waals surface area contributed by atoms with Crippen molar-refractivity contribution in [2.24, 2.45) is 39.4 Å². The molecule has 0 aliphatic heterocycles. The van der Waals surface area contributed by atoms with Crippen LogP contribution in [-0.4, -0.2) is 24.4 Å². The topological polar surface area (TPSA) is 95.1 Å². The van der Waals surface area contributed by atoms with E-state index in [9.17, 15) is 4.79 Å². The second-order valence-electron chi connectivity index (χ2n) is 11.3. The van der Waals surface area contributed by atoms with Gasteiger partial charge in [-0.3, -0.25) is 0 Å². The van der Waals surface area contributed by atoms with E-state index in [-0.39, 0.29) is 22.0 Å². The van der Waals surface area contributed by atoms with E-state index in [1.54, 1.807) is 6.92 Å². The summed E-state index contributed by atoms with van der Waals surface area (Å²) in [6, 6.07) is 0.699. The predicted molar refractivity (Wildman–Crippen MR) is 127 cm³/mol. The number of hydrogen-bond donors (Lipinski definition) is 3. The van der Waals surface area contributed by atoms with Gasteiger partial charge in [-0.05, 0) is 54.9 Å². The van der Waals surface area contributed by atoms with E-state index >= 15 is 0 Å². The van der Waals surface area contributed by atoms with Crippen LogP contribution in [0.4, 0.5) is 0 Å². The molecule has 172 valence electrons. The van der Waals surface area contributed by atoms with Crippen molar-refractivity contribution in [1.29, 1.82) is 0 Å². The first-order chi connectivity index (χ1) is 12.3. The van der Waals surface area contributed by atoms with Gasteiger partial charge in [-0.15, -0.1) is 0 Å². The van der Waals surface area contributed by atoms with Gasteiger partial charge in [0.25, 0.3) is 0 Å². The average molecular weight is 402 g/mol. The van der Waals surface area contributed by atoms with Gasteiger partial charge >= 0.3 is 0 Å². The zero-order chi connectivity index (χ0) is 23.3. The minimum absolute atomic E-state index is 0.199. The lowest BCUT2D eigenvalue weighted by molar-refractivity contribution is -0.118. The highest BCUT2D eigenvalue weighted by molar-refractivity contribution is 5.75. The Hall–Kier alpha value is -0.450. The summed E-state index contributed by atoms with van der Waals surface area (Å²) in [6.07, 6.45) is 3.76. The van der Waals surface area contributed by atoms with E-state index in [4.69, 9.17) is 17.2 Å². The van der Waals surface area contributed by atoms with Gasteiger partial charge < -0.3 is 22.0 Å². The Morgan fingerprint density at radius 2 is 1.07 bits per heavy atom. The monoisotopic (exact) mass is 401 g/mol. The Balaban J connectivity index is -0.000000347. The van der Waals surface area contributed by atoms with Crippen LogP contribution in [0.1, 0.15) is 109 Å². The molecule has 0 aromatic carbocycles. The molecule has 0 saturated heterocycles. The normalized spacial score (nSPS) is 15.4. The first kappa shape index (κ1) is 32.2. The van der Waals surface area contributed by atoms with Crippen LogP contribution in [0.15, 0.2) is 0 Å². The van der Waals surface area contributed by atoms with Crippen molar-refractivity contribution < 1.29 is 4.79 Å². The maximum atomic E-state index is 10.9. The van der Waals surface area contributed by atoms with Crippen LogP contribution in [0.2, 0.25) is 0 Å². The lowest BCUT2D eigenvalue weighted by atomic mass is 9.76. The quantitative estimate of drug-likeness (QED) is 0.546. The minimum Gasteiger partial charge on any atom is -0.330 e. The Bertz CT molecular complexity index is 366. The molecule has 0 radical (unpaired) electrons. The number of carbonyl (C=O) groups is 1. The van der Waals surface area contributed by atoms with Crippen LogP contribution in [0.3, 0.4) is 0 Å². The Morgan fingerprint density at radius 3 is 1.18 bits per heavy atom. The minimum atomic E-state index is 0.199. The van der Waals surface area contributed by atoms with Crippen molar-refractivity contribution >= 4 is 5.78 Å². The summed E-state index contributed by atoms with van der Waals surface area (Å²) >= 11 is 0. The smallest absolute Gasteiger partial charge is 0.130 e. The van der Waals surface area contributed by atoms with Crippen molar-refractivity contribution in [2.75, 3.05) is 6.54 Å². The molecular formula is C24H55N3O. The van der Waals surface area contributed by atoms with E-state index in [1.165, 1.54) is 0 Å². The molecule has 0 aromatic rings. The van der Waals surface area contributed by atoms with Crippen LogP contribution in [0.5, 0.6) is 0 Å². The summed E-state index contributed by atoms with van der Waals surface area (Å²) < 4.78 is 0. The standard InChI is InChI=1S/C10H21NO.2C7H17N/c1-8(12)7-9(5-6-11)10(2,3)4;2*1-5-6(8)7(2,3)4/h9H,5-7,11H2,1-4H3;2*6H,5,8H2,1-4H3/t9-;2*6-/m110/s1. The summed E-state index contributed by atoms with van der Waals surface area (Å²) in [7, 11) is 0. The number of ketones is 1. The molecule has 0 amide bonds. The lowest BCUT2D eigenvalue weighted by Gasteiger charge is -2.29. The van der Waals surface area contributed by atoms with Crippen molar-refractivity contribution in [3.8, 4) is 0 Å². The fourth-order valence-corrected chi connectivity index (χ4v) is 2.61. The zero-order valence-electron chi connectivity index (χ0n) is 21.4. The summed E-state index contributed by atoms with van der Waals surface area (Å²) in [6.45, 7) is 26.1. The molecule has 0 fully saturated rings. The van der Waals surface area contributed by atoms with Gasteiger partial charge in [-0.1, -0.05) is 76.2 Å². The SMILES string of the molecule is CC(=O)C[C@@H](CCN)C(C)(C)C.CC[C@@H](N)C(C)(C)C.CC[C@H](N)C(C)(C)C. The van der Waals surface area contributed by atoms with E-state index in [1.807, 2.05) is 0 Å². The van der Waals surface area contributed by atoms with Gasteiger partial charge in [0.15, 0.2) is 0 Å². The summed E-state index contributed by atoms with van der Waals surface area (Å²) in [5.74, 6) is 0.698. The van der Waals surface area contributed by atoms with Gasteiger partial charge in [0.05, 0.1) is 0 Å². The third kappa shape index (κ3) is 18.9. The van der Waals surface area contributed by atoms with Crippen LogP contribution >= 0.6 is 0 Å². The van der Waals surface area contributed by atoms with Crippen molar-refractivity contribution in [1.82, 2.24) is 0 Å². The number of rotatable bonds is 6. The first-order valence-corrected chi connectivity index (χ1v) is 11.0. The molecule has 4 heteroatoms. The van der Waals surface area contributed by atoms with Crippen LogP contribution in [0, 0.1) is 22.2 Å². The average Bonchev–Trinajstić information content (AvgIpc) is 2.51. The van der Waals surface area contributed by atoms with E-state index in [0.717, 1.165) is 19.3 Å². The maximum Gasteiger partial charge on any atom is 0.130 e. The zero-order valence-corrected chi connectivity index (χ0v) is 21.4. The van der Waals surface area contributed by atoms with Gasteiger partial charge in [0.1, 0.15) is 5.78 Å². The molecule has 4 nitrogen and oxygen atoms in total. The van der Waals surface area contributed by atoms with Crippen molar-refractivity contribution in [3.63, 3.8) is 0 Å². The summed E-state index contributed by atoms with van der Waals surface area (Å²) in [5.41, 5.74) is 17.8. The number of hydrogen-bond acceptors (Lipinski definition) is 4. The Labute approximate surface area is 177 Å². The van der Waals surface area contributed by atoms with E-state index < -0.39 is 0 Å². The molecule has 3 atom stereocenters. The van der Waals surface area contributed by atoms with Crippen molar-refractivity contribution in [2.45, 2.75) is 121 Å². The Morgan fingerprint density at radius 1 is 0.750 bits per heavy atom. The van der Waals surface area contributed by atoms with Gasteiger partial charge in [-0.2, -0.15) is 0 Å². The molecule has 0 aliphatic rings. The predicted octanol–water partition coefficient (Wildman–Crippen LogP) is 5.52. The molecular weight excluding hydrogens is 346 g/mol. The summed E-state index contributed by atoms with van der Waals surface area (Å²) in [5, 5.41) is 0. The molecule has 0 rings (SSSR count). The molecule has 0 bridgehead atoms. The third-order valence-corrected chi connectivity index (χ3v) is 5.38. The van der Waals surface area contributed by atoms with Gasteiger partial charge in [0.2, 0.25) is 0 Å². The molecule has 0 saturated carbocycles. The van der Waals surface area contributed by atoms with Crippen molar-refractivity contribution in [3.05, 3.63) is 0 Å². The highest BCUT2D eigenvalue weighted by atomic mass is 16.1.